The molecule has 1 aromatic carbocycles. The SMILES string of the molecule is CCNC(c1ccc(C(F)(F)F)cc1)c1ccc(Br)o1. The third kappa shape index (κ3) is 3.43. The van der Waals surface area contributed by atoms with Gasteiger partial charge in [0.1, 0.15) is 5.76 Å². The van der Waals surface area contributed by atoms with Gasteiger partial charge in [0.05, 0.1) is 11.6 Å². The lowest BCUT2D eigenvalue weighted by atomic mass is 10.0. The highest BCUT2D eigenvalue weighted by atomic mass is 79.9. The van der Waals surface area contributed by atoms with Gasteiger partial charge < -0.3 is 9.73 Å². The molecule has 0 bridgehead atoms. The summed E-state index contributed by atoms with van der Waals surface area (Å²) < 4.78 is 43.7. The maximum Gasteiger partial charge on any atom is 0.416 e. The first kappa shape index (κ1) is 15.1. The van der Waals surface area contributed by atoms with Crippen LogP contribution in [0.4, 0.5) is 13.2 Å². The van der Waals surface area contributed by atoms with Crippen LogP contribution in [0.5, 0.6) is 0 Å². The van der Waals surface area contributed by atoms with Crippen LogP contribution in [-0.2, 0) is 6.18 Å². The first-order valence-electron chi connectivity index (χ1n) is 6.07. The standard InChI is InChI=1S/C14H13BrF3NO/c1-2-19-13(11-7-8-12(15)20-11)9-3-5-10(6-4-9)14(16,17)18/h3-8,13,19H,2H2,1H3. The highest BCUT2D eigenvalue weighted by Crippen LogP contribution is 2.31. The minimum atomic E-state index is -4.32. The van der Waals surface area contributed by atoms with Crippen LogP contribution in [-0.4, -0.2) is 6.54 Å². The van der Waals surface area contributed by atoms with Gasteiger partial charge in [-0.1, -0.05) is 19.1 Å². The molecule has 0 aliphatic carbocycles. The van der Waals surface area contributed by atoms with E-state index < -0.39 is 11.7 Å². The molecule has 2 aromatic rings. The molecule has 1 aromatic heterocycles. The van der Waals surface area contributed by atoms with Crippen molar-refractivity contribution in [2.45, 2.75) is 19.1 Å². The summed E-state index contributed by atoms with van der Waals surface area (Å²) in [6.07, 6.45) is -4.32. The van der Waals surface area contributed by atoms with Crippen molar-refractivity contribution in [2.75, 3.05) is 6.54 Å². The normalized spacial score (nSPS) is 13.4. The Bertz CT molecular complexity index is 563. The van der Waals surface area contributed by atoms with Gasteiger partial charge in [-0.2, -0.15) is 13.2 Å². The molecule has 1 unspecified atom stereocenters. The average Bonchev–Trinajstić information content (AvgIpc) is 2.81. The van der Waals surface area contributed by atoms with Crippen molar-refractivity contribution in [1.82, 2.24) is 5.32 Å². The minimum Gasteiger partial charge on any atom is -0.452 e. The topological polar surface area (TPSA) is 25.2 Å². The zero-order chi connectivity index (χ0) is 14.8. The Hall–Kier alpha value is -1.27. The van der Waals surface area contributed by atoms with Crippen molar-refractivity contribution in [3.63, 3.8) is 0 Å². The second kappa shape index (κ2) is 6.01. The number of hydrogen-bond acceptors (Lipinski definition) is 2. The molecular weight excluding hydrogens is 335 g/mol. The summed E-state index contributed by atoms with van der Waals surface area (Å²) in [5.41, 5.74) is 0.0684. The lowest BCUT2D eigenvalue weighted by Gasteiger charge is -2.17. The summed E-state index contributed by atoms with van der Waals surface area (Å²) in [6.45, 7) is 2.60. The van der Waals surface area contributed by atoms with E-state index >= 15 is 0 Å². The van der Waals surface area contributed by atoms with Gasteiger partial charge in [0.2, 0.25) is 0 Å². The summed E-state index contributed by atoms with van der Waals surface area (Å²) in [5.74, 6) is 0.651. The molecular formula is C14H13BrF3NO. The van der Waals surface area contributed by atoms with Gasteiger partial charge in [0.15, 0.2) is 4.67 Å². The van der Waals surface area contributed by atoms with E-state index in [2.05, 4.69) is 21.2 Å². The van der Waals surface area contributed by atoms with Gasteiger partial charge in [-0.25, -0.2) is 0 Å². The molecule has 0 saturated heterocycles. The Kier molecular flexibility index (Phi) is 4.55. The first-order valence-corrected chi connectivity index (χ1v) is 6.87. The Morgan fingerprint density at radius 3 is 2.25 bits per heavy atom. The van der Waals surface area contributed by atoms with E-state index in [1.165, 1.54) is 12.1 Å². The van der Waals surface area contributed by atoms with Crippen molar-refractivity contribution in [2.24, 2.45) is 0 Å². The van der Waals surface area contributed by atoms with Gasteiger partial charge in [-0.3, -0.25) is 0 Å². The van der Waals surface area contributed by atoms with E-state index in [0.717, 1.165) is 17.7 Å². The van der Waals surface area contributed by atoms with E-state index in [0.29, 0.717) is 17.0 Å². The largest absolute Gasteiger partial charge is 0.452 e. The molecule has 0 amide bonds. The number of rotatable bonds is 4. The van der Waals surface area contributed by atoms with Crippen LogP contribution in [0.3, 0.4) is 0 Å². The fourth-order valence-electron chi connectivity index (χ4n) is 1.93. The fraction of sp³-hybridized carbons (Fsp3) is 0.286. The van der Waals surface area contributed by atoms with Crippen molar-refractivity contribution < 1.29 is 17.6 Å². The van der Waals surface area contributed by atoms with Crippen LogP contribution in [0.2, 0.25) is 0 Å². The van der Waals surface area contributed by atoms with Crippen molar-refractivity contribution >= 4 is 15.9 Å². The number of hydrogen-bond donors (Lipinski definition) is 1. The minimum absolute atomic E-state index is 0.270. The number of benzene rings is 1. The van der Waals surface area contributed by atoms with Crippen molar-refractivity contribution in [1.29, 1.82) is 0 Å². The number of halogens is 4. The van der Waals surface area contributed by atoms with E-state index in [1.54, 1.807) is 12.1 Å². The maximum atomic E-state index is 12.6. The zero-order valence-corrected chi connectivity index (χ0v) is 12.3. The van der Waals surface area contributed by atoms with E-state index in [-0.39, 0.29) is 6.04 Å². The smallest absolute Gasteiger partial charge is 0.416 e. The Balaban J connectivity index is 2.30. The van der Waals surface area contributed by atoms with Gasteiger partial charge in [-0.05, 0) is 52.3 Å². The molecule has 0 radical (unpaired) electrons. The van der Waals surface area contributed by atoms with E-state index in [1.807, 2.05) is 6.92 Å². The molecule has 108 valence electrons. The Labute approximate surface area is 123 Å². The zero-order valence-electron chi connectivity index (χ0n) is 10.7. The summed E-state index contributed by atoms with van der Waals surface area (Å²) in [6, 6.07) is 8.36. The average molecular weight is 348 g/mol. The van der Waals surface area contributed by atoms with Gasteiger partial charge >= 0.3 is 6.18 Å². The lowest BCUT2D eigenvalue weighted by Crippen LogP contribution is -2.21. The van der Waals surface area contributed by atoms with Crippen LogP contribution >= 0.6 is 15.9 Å². The molecule has 1 atom stereocenters. The first-order chi connectivity index (χ1) is 9.41. The molecule has 20 heavy (non-hydrogen) atoms. The molecule has 0 spiro atoms. The predicted molar refractivity (Wildman–Crippen MR) is 73.4 cm³/mol. The van der Waals surface area contributed by atoms with Crippen LogP contribution in [0.15, 0.2) is 45.5 Å². The van der Waals surface area contributed by atoms with Crippen LogP contribution in [0.25, 0.3) is 0 Å². The summed E-state index contributed by atoms with van der Waals surface area (Å²) in [5, 5.41) is 3.19. The number of alkyl halides is 3. The van der Waals surface area contributed by atoms with Gasteiger partial charge in [-0.15, -0.1) is 0 Å². The molecule has 1 heterocycles. The van der Waals surface area contributed by atoms with Gasteiger partial charge in [0, 0.05) is 0 Å². The third-order valence-electron chi connectivity index (χ3n) is 2.86. The lowest BCUT2D eigenvalue weighted by molar-refractivity contribution is -0.137. The predicted octanol–water partition coefficient (Wildman–Crippen LogP) is 4.76. The molecule has 2 rings (SSSR count). The second-order valence-electron chi connectivity index (χ2n) is 4.25. The van der Waals surface area contributed by atoms with Crippen LogP contribution < -0.4 is 5.32 Å². The van der Waals surface area contributed by atoms with Crippen LogP contribution in [0, 0.1) is 0 Å². The number of nitrogens with one attached hydrogen (secondary N) is 1. The fourth-order valence-corrected chi connectivity index (χ4v) is 2.25. The van der Waals surface area contributed by atoms with Gasteiger partial charge in [0.25, 0.3) is 0 Å². The molecule has 0 fully saturated rings. The Morgan fingerprint density at radius 2 is 1.80 bits per heavy atom. The quantitative estimate of drug-likeness (QED) is 0.862. The summed E-state index contributed by atoms with van der Waals surface area (Å²) in [7, 11) is 0. The third-order valence-corrected chi connectivity index (χ3v) is 3.28. The second-order valence-corrected chi connectivity index (χ2v) is 5.03. The Morgan fingerprint density at radius 1 is 1.15 bits per heavy atom. The number of furan rings is 1. The molecule has 0 aliphatic heterocycles. The monoisotopic (exact) mass is 347 g/mol. The van der Waals surface area contributed by atoms with Crippen molar-refractivity contribution in [3.05, 3.63) is 58.0 Å². The molecule has 2 nitrogen and oxygen atoms in total. The summed E-state index contributed by atoms with van der Waals surface area (Å²) >= 11 is 3.22. The molecule has 0 aliphatic rings. The molecule has 1 N–H and O–H groups in total. The van der Waals surface area contributed by atoms with E-state index in [4.69, 9.17) is 4.42 Å². The van der Waals surface area contributed by atoms with Crippen LogP contribution in [0.1, 0.15) is 29.9 Å². The maximum absolute atomic E-state index is 12.6. The van der Waals surface area contributed by atoms with Crippen molar-refractivity contribution in [3.8, 4) is 0 Å². The van der Waals surface area contributed by atoms with E-state index in [9.17, 15) is 13.2 Å². The molecule has 6 heteroatoms. The molecule has 0 saturated carbocycles. The highest BCUT2D eigenvalue weighted by molar-refractivity contribution is 9.10. The summed E-state index contributed by atoms with van der Waals surface area (Å²) in [4.78, 5) is 0. The highest BCUT2D eigenvalue weighted by Gasteiger charge is 2.30.